The van der Waals surface area contributed by atoms with Gasteiger partial charge in [-0.1, -0.05) is 42.5 Å². The van der Waals surface area contributed by atoms with Crippen LogP contribution >= 0.6 is 0 Å². The highest BCUT2D eigenvalue weighted by Gasteiger charge is 2.18. The van der Waals surface area contributed by atoms with Crippen molar-refractivity contribution in [3.05, 3.63) is 95.6 Å². The molecule has 0 spiro atoms. The number of amides is 1. The molecule has 1 N–H and O–H groups in total. The molecule has 0 aliphatic carbocycles. The minimum absolute atomic E-state index is 0.282. The van der Waals surface area contributed by atoms with Crippen molar-refractivity contribution in [2.24, 2.45) is 0 Å². The fourth-order valence-electron chi connectivity index (χ4n) is 3.39. The highest BCUT2D eigenvalue weighted by Crippen LogP contribution is 2.21. The Bertz CT molecular complexity index is 1080. The van der Waals surface area contributed by atoms with Crippen molar-refractivity contribution in [3.8, 4) is 5.75 Å². The monoisotopic (exact) mass is 461 g/mol. The van der Waals surface area contributed by atoms with E-state index in [1.54, 1.807) is 42.5 Å². The number of nitrogens with one attached hydrogen (secondary N) is 1. The number of hydrogen-bond donors (Lipinski definition) is 1. The topological polar surface area (TPSA) is 64.6 Å². The number of benzene rings is 3. The van der Waals surface area contributed by atoms with Gasteiger partial charge in [0, 0.05) is 5.69 Å². The minimum Gasteiger partial charge on any atom is -0.488 e. The maximum absolute atomic E-state index is 12.9. The van der Waals surface area contributed by atoms with Crippen molar-refractivity contribution >= 4 is 17.6 Å². The van der Waals surface area contributed by atoms with Gasteiger partial charge in [-0.05, 0) is 55.8 Å². The predicted molar refractivity (Wildman–Crippen MR) is 134 cm³/mol. The number of hydrogen-bond acceptors (Lipinski definition) is 4. The first-order chi connectivity index (χ1) is 16.4. The summed E-state index contributed by atoms with van der Waals surface area (Å²) in [5.41, 5.74) is 2.50. The van der Waals surface area contributed by atoms with Crippen molar-refractivity contribution in [2.45, 2.75) is 20.5 Å². The molecule has 34 heavy (non-hydrogen) atoms. The molecule has 3 rings (SSSR count). The van der Waals surface area contributed by atoms with Gasteiger partial charge in [-0.15, -0.1) is 0 Å². The number of esters is 1. The standard InChI is InChI=1S/C28H32N2O4/c1-4-30(3,5-2)19-20-33-28(32)23-15-17-24(18-16-23)29-27(31)25-13-9-10-14-26(25)34-21-22-11-7-6-8-12-22/h6-18H,4-5,19-21H2,1-3H3/p+1. The van der Waals surface area contributed by atoms with Crippen molar-refractivity contribution in [1.82, 2.24) is 0 Å². The lowest BCUT2D eigenvalue weighted by atomic mass is 10.1. The summed E-state index contributed by atoms with van der Waals surface area (Å²) >= 11 is 0. The molecule has 0 heterocycles. The lowest BCUT2D eigenvalue weighted by molar-refractivity contribution is -0.906. The molecule has 0 aliphatic rings. The van der Waals surface area contributed by atoms with E-state index in [0.717, 1.165) is 29.7 Å². The first kappa shape index (κ1) is 25.0. The molecule has 178 valence electrons. The summed E-state index contributed by atoms with van der Waals surface area (Å²) < 4.78 is 12.2. The summed E-state index contributed by atoms with van der Waals surface area (Å²) in [5.74, 6) is -0.139. The molecule has 0 atom stereocenters. The van der Waals surface area contributed by atoms with Crippen LogP contribution in [0.1, 0.15) is 40.1 Å². The second kappa shape index (κ2) is 12.0. The van der Waals surface area contributed by atoms with Gasteiger partial charge in [-0.2, -0.15) is 0 Å². The third-order valence-corrected chi connectivity index (χ3v) is 6.14. The number of likely N-dealkylation sites (N-methyl/N-ethyl adjacent to an activating group) is 1. The van der Waals surface area contributed by atoms with Crippen LogP contribution < -0.4 is 10.1 Å². The summed E-state index contributed by atoms with van der Waals surface area (Å²) in [6.45, 7) is 7.76. The highest BCUT2D eigenvalue weighted by molar-refractivity contribution is 6.06. The van der Waals surface area contributed by atoms with Gasteiger partial charge in [0.25, 0.3) is 5.91 Å². The van der Waals surface area contributed by atoms with E-state index in [4.69, 9.17) is 9.47 Å². The van der Waals surface area contributed by atoms with Crippen molar-refractivity contribution in [2.75, 3.05) is 38.6 Å². The van der Waals surface area contributed by atoms with Crippen LogP contribution in [0.4, 0.5) is 5.69 Å². The van der Waals surface area contributed by atoms with Gasteiger partial charge in [0.1, 0.15) is 25.5 Å². The van der Waals surface area contributed by atoms with Crippen LogP contribution in [-0.4, -0.2) is 49.6 Å². The quantitative estimate of drug-likeness (QED) is 0.316. The summed E-state index contributed by atoms with van der Waals surface area (Å²) in [7, 11) is 2.15. The highest BCUT2D eigenvalue weighted by atomic mass is 16.5. The molecule has 0 aromatic heterocycles. The van der Waals surface area contributed by atoms with Gasteiger partial charge >= 0.3 is 5.97 Å². The molecule has 1 amide bonds. The number of carbonyl (C=O) groups excluding carboxylic acids is 2. The van der Waals surface area contributed by atoms with Crippen LogP contribution in [0.3, 0.4) is 0 Å². The molecule has 0 saturated carbocycles. The van der Waals surface area contributed by atoms with Gasteiger partial charge in [0.15, 0.2) is 0 Å². The zero-order valence-corrected chi connectivity index (χ0v) is 20.1. The van der Waals surface area contributed by atoms with E-state index >= 15 is 0 Å². The molecule has 6 nitrogen and oxygen atoms in total. The molecular weight excluding hydrogens is 428 g/mol. The Labute approximate surface area is 201 Å². The average molecular weight is 462 g/mol. The van der Waals surface area contributed by atoms with Crippen molar-refractivity contribution in [1.29, 1.82) is 0 Å². The third-order valence-electron chi connectivity index (χ3n) is 6.14. The van der Waals surface area contributed by atoms with Gasteiger partial charge in [-0.3, -0.25) is 4.79 Å². The molecule has 3 aromatic carbocycles. The zero-order valence-electron chi connectivity index (χ0n) is 20.1. The minimum atomic E-state index is -0.365. The summed E-state index contributed by atoms with van der Waals surface area (Å²) in [4.78, 5) is 25.2. The number of anilines is 1. The van der Waals surface area contributed by atoms with E-state index in [0.29, 0.717) is 35.8 Å². The molecule has 0 bridgehead atoms. The molecule has 0 unspecified atom stereocenters. The van der Waals surface area contributed by atoms with E-state index in [1.807, 2.05) is 36.4 Å². The normalized spacial score (nSPS) is 11.0. The summed E-state index contributed by atoms with van der Waals surface area (Å²) in [5, 5.41) is 2.87. The van der Waals surface area contributed by atoms with Crippen LogP contribution in [0, 0.1) is 0 Å². The van der Waals surface area contributed by atoms with Gasteiger partial charge in [0.05, 0.1) is 31.3 Å². The van der Waals surface area contributed by atoms with E-state index in [-0.39, 0.29) is 11.9 Å². The van der Waals surface area contributed by atoms with Crippen molar-refractivity contribution < 1.29 is 23.5 Å². The summed E-state index contributed by atoms with van der Waals surface area (Å²) in [6, 6.07) is 23.6. The van der Waals surface area contributed by atoms with E-state index in [9.17, 15) is 9.59 Å². The van der Waals surface area contributed by atoms with Crippen LogP contribution in [0.5, 0.6) is 5.75 Å². The molecule has 0 fully saturated rings. The molecule has 0 radical (unpaired) electrons. The van der Waals surface area contributed by atoms with E-state index in [2.05, 4.69) is 26.2 Å². The second-order valence-electron chi connectivity index (χ2n) is 8.41. The summed E-state index contributed by atoms with van der Waals surface area (Å²) in [6.07, 6.45) is 0. The van der Waals surface area contributed by atoms with Gasteiger partial charge < -0.3 is 19.3 Å². The average Bonchev–Trinajstić information content (AvgIpc) is 2.88. The number of para-hydroxylation sites is 1. The Balaban J connectivity index is 1.57. The first-order valence-electron chi connectivity index (χ1n) is 11.6. The number of nitrogens with zero attached hydrogens (tertiary/aromatic N) is 1. The van der Waals surface area contributed by atoms with E-state index < -0.39 is 0 Å². The van der Waals surface area contributed by atoms with E-state index in [1.165, 1.54) is 0 Å². The fourth-order valence-corrected chi connectivity index (χ4v) is 3.39. The Kier molecular flexibility index (Phi) is 8.82. The van der Waals surface area contributed by atoms with Crippen LogP contribution in [-0.2, 0) is 11.3 Å². The lowest BCUT2D eigenvalue weighted by Crippen LogP contribution is -2.46. The first-order valence-corrected chi connectivity index (χ1v) is 11.6. The smallest absolute Gasteiger partial charge is 0.338 e. The van der Waals surface area contributed by atoms with Crippen LogP contribution in [0.2, 0.25) is 0 Å². The predicted octanol–water partition coefficient (Wildman–Crippen LogP) is 5.16. The van der Waals surface area contributed by atoms with Crippen LogP contribution in [0.25, 0.3) is 0 Å². The number of quaternary nitrogens is 1. The largest absolute Gasteiger partial charge is 0.488 e. The molecule has 0 saturated heterocycles. The Morgan fingerprint density at radius 3 is 2.18 bits per heavy atom. The Hall–Kier alpha value is -3.64. The van der Waals surface area contributed by atoms with Gasteiger partial charge in [-0.25, -0.2) is 4.79 Å². The molecule has 3 aromatic rings. The van der Waals surface area contributed by atoms with Crippen molar-refractivity contribution in [3.63, 3.8) is 0 Å². The Morgan fingerprint density at radius 2 is 1.50 bits per heavy atom. The maximum Gasteiger partial charge on any atom is 0.338 e. The molecule has 6 heteroatoms. The molecular formula is C28H33N2O4+. The third kappa shape index (κ3) is 6.93. The Morgan fingerprint density at radius 1 is 0.853 bits per heavy atom. The number of carbonyl (C=O) groups is 2. The number of ether oxygens (including phenoxy) is 2. The van der Waals surface area contributed by atoms with Gasteiger partial charge in [0.2, 0.25) is 0 Å². The zero-order chi connectivity index (χ0) is 24.4. The van der Waals surface area contributed by atoms with Crippen LogP contribution in [0.15, 0.2) is 78.9 Å². The molecule has 0 aliphatic heterocycles. The number of rotatable bonds is 11. The maximum atomic E-state index is 12.9. The lowest BCUT2D eigenvalue weighted by Gasteiger charge is -2.31. The SMILES string of the molecule is CC[N+](C)(CC)CCOC(=O)c1ccc(NC(=O)c2ccccc2OCc2ccccc2)cc1. The fraction of sp³-hybridized carbons (Fsp3) is 0.286. The second-order valence-corrected chi connectivity index (χ2v) is 8.41.